The van der Waals surface area contributed by atoms with Crippen LogP contribution in [0.1, 0.15) is 47.8 Å². The van der Waals surface area contributed by atoms with Crippen LogP contribution in [0.25, 0.3) is 11.1 Å². The first-order valence-corrected chi connectivity index (χ1v) is 13.5. The minimum Gasteiger partial charge on any atom is -0.493 e. The summed E-state index contributed by atoms with van der Waals surface area (Å²) in [6, 6.07) is 21.7. The van der Waals surface area contributed by atoms with Gasteiger partial charge in [0.1, 0.15) is 11.6 Å². The lowest BCUT2D eigenvalue weighted by Gasteiger charge is -2.39. The molecule has 1 amide bonds. The number of ether oxygens (including phenoxy) is 1. The van der Waals surface area contributed by atoms with Crippen LogP contribution < -0.4 is 4.74 Å². The van der Waals surface area contributed by atoms with E-state index in [0.29, 0.717) is 31.0 Å². The number of benzene rings is 3. The lowest BCUT2D eigenvalue weighted by atomic mass is 10.0. The van der Waals surface area contributed by atoms with Crippen LogP contribution in [0.3, 0.4) is 0 Å². The van der Waals surface area contributed by atoms with Crippen molar-refractivity contribution in [2.75, 3.05) is 52.4 Å². The molecule has 0 N–H and O–H groups in total. The number of carbonyl (C=O) groups is 1. The normalized spacial score (nSPS) is 15.6. The van der Waals surface area contributed by atoms with Crippen molar-refractivity contribution in [3.8, 4) is 16.9 Å². The Hall–Kier alpha value is -3.22. The summed E-state index contributed by atoms with van der Waals surface area (Å²) in [5.74, 6) is -0.117. The lowest BCUT2D eigenvalue weighted by Crippen LogP contribution is -2.49. The molecule has 0 saturated carbocycles. The first-order chi connectivity index (χ1) is 18.1. The molecule has 194 valence electrons. The predicted molar refractivity (Wildman–Crippen MR) is 145 cm³/mol. The first kappa shape index (κ1) is 25.4. The first-order valence-electron chi connectivity index (χ1n) is 13.5. The maximum absolute atomic E-state index is 14.2. The second-order valence-electron chi connectivity index (χ2n) is 9.77. The highest BCUT2D eigenvalue weighted by Gasteiger charge is 2.35. The number of rotatable bonds is 9. The van der Waals surface area contributed by atoms with Crippen molar-refractivity contribution in [3.05, 3.63) is 89.2 Å². The minimum absolute atomic E-state index is 0.162. The molecule has 3 aromatic carbocycles. The molecule has 5 nitrogen and oxygen atoms in total. The molecule has 5 rings (SSSR count). The summed E-state index contributed by atoms with van der Waals surface area (Å²) in [5.41, 5.74) is 5.56. The Morgan fingerprint density at radius 2 is 1.54 bits per heavy atom. The van der Waals surface area contributed by atoms with Crippen molar-refractivity contribution in [3.63, 3.8) is 0 Å². The number of piperazine rings is 1. The van der Waals surface area contributed by atoms with E-state index in [1.165, 1.54) is 34.4 Å². The molecule has 37 heavy (non-hydrogen) atoms. The summed E-state index contributed by atoms with van der Waals surface area (Å²) in [4.78, 5) is 20.1. The summed E-state index contributed by atoms with van der Waals surface area (Å²) in [5, 5.41) is 0. The van der Waals surface area contributed by atoms with E-state index in [1.54, 1.807) is 6.07 Å². The number of fused-ring (bicyclic) bond motifs is 3. The highest BCUT2D eigenvalue weighted by atomic mass is 19.1. The van der Waals surface area contributed by atoms with E-state index in [4.69, 9.17) is 4.74 Å². The van der Waals surface area contributed by atoms with Gasteiger partial charge in [-0.15, -0.1) is 0 Å². The van der Waals surface area contributed by atoms with Crippen LogP contribution >= 0.6 is 0 Å². The molecule has 0 atom stereocenters. The van der Waals surface area contributed by atoms with Gasteiger partial charge in [-0.1, -0.05) is 62.4 Å². The van der Waals surface area contributed by atoms with Crippen LogP contribution in [0.2, 0.25) is 0 Å². The smallest absolute Gasteiger partial charge is 0.257 e. The zero-order valence-corrected chi connectivity index (χ0v) is 21.8. The summed E-state index contributed by atoms with van der Waals surface area (Å²) < 4.78 is 20.1. The zero-order valence-electron chi connectivity index (χ0n) is 21.8. The van der Waals surface area contributed by atoms with Crippen LogP contribution in [-0.2, 0) is 0 Å². The van der Waals surface area contributed by atoms with Crippen molar-refractivity contribution in [2.24, 2.45) is 0 Å². The Balaban J connectivity index is 1.25. The molecule has 0 aromatic heterocycles. The average Bonchev–Trinajstić information content (AvgIpc) is 3.28. The van der Waals surface area contributed by atoms with Gasteiger partial charge in [0.05, 0.1) is 18.2 Å². The zero-order chi connectivity index (χ0) is 25.8. The maximum Gasteiger partial charge on any atom is 0.257 e. The van der Waals surface area contributed by atoms with Gasteiger partial charge in [0.15, 0.2) is 0 Å². The molecule has 3 aromatic rings. The fourth-order valence-electron chi connectivity index (χ4n) is 5.68. The van der Waals surface area contributed by atoms with Gasteiger partial charge in [-0.2, -0.15) is 0 Å². The van der Waals surface area contributed by atoms with Crippen LogP contribution in [0.15, 0.2) is 66.7 Å². The van der Waals surface area contributed by atoms with Gasteiger partial charge in [0.25, 0.3) is 5.91 Å². The highest BCUT2D eigenvalue weighted by molar-refractivity contribution is 5.97. The molecule has 0 radical (unpaired) electrons. The summed E-state index contributed by atoms with van der Waals surface area (Å²) in [6.07, 6.45) is 0.857. The molecule has 2 aliphatic rings. The van der Waals surface area contributed by atoms with Crippen molar-refractivity contribution < 1.29 is 13.9 Å². The van der Waals surface area contributed by atoms with Gasteiger partial charge in [-0.25, -0.2) is 4.39 Å². The number of halogens is 1. The maximum atomic E-state index is 14.2. The number of carbonyl (C=O) groups excluding carboxylic acids is 1. The fourth-order valence-corrected chi connectivity index (χ4v) is 5.68. The Bertz CT molecular complexity index is 1190. The van der Waals surface area contributed by atoms with E-state index in [-0.39, 0.29) is 11.9 Å². The molecular formula is C31H36FN3O2. The molecular weight excluding hydrogens is 465 g/mol. The molecule has 6 heteroatoms. The van der Waals surface area contributed by atoms with E-state index in [1.807, 2.05) is 4.90 Å². The summed E-state index contributed by atoms with van der Waals surface area (Å²) in [6.45, 7) is 10.4. The Morgan fingerprint density at radius 3 is 2.16 bits per heavy atom. The molecule has 0 spiro atoms. The van der Waals surface area contributed by atoms with Gasteiger partial charge < -0.3 is 14.5 Å². The topological polar surface area (TPSA) is 36.0 Å². The summed E-state index contributed by atoms with van der Waals surface area (Å²) in [7, 11) is 0. The molecule has 0 unspecified atom stereocenters. The number of amides is 1. The molecule has 0 bridgehead atoms. The van der Waals surface area contributed by atoms with Crippen molar-refractivity contribution >= 4 is 5.91 Å². The van der Waals surface area contributed by atoms with Gasteiger partial charge in [0, 0.05) is 32.7 Å². The quantitative estimate of drug-likeness (QED) is 0.365. The molecule has 1 heterocycles. The molecule has 1 aliphatic carbocycles. The molecule has 1 fully saturated rings. The van der Waals surface area contributed by atoms with E-state index < -0.39 is 5.82 Å². The Morgan fingerprint density at radius 1 is 0.919 bits per heavy atom. The SMILES string of the molecule is CCN(CC)CCCOc1ccc(F)cc1C(=O)N1CCN(C2c3ccccc3-c3ccccc32)CC1. The highest BCUT2D eigenvalue weighted by Crippen LogP contribution is 2.46. The third-order valence-electron chi connectivity index (χ3n) is 7.71. The van der Waals surface area contributed by atoms with Crippen LogP contribution in [0.4, 0.5) is 4.39 Å². The minimum atomic E-state index is -0.420. The number of hydrogen-bond acceptors (Lipinski definition) is 4. The lowest BCUT2D eigenvalue weighted by molar-refractivity contribution is 0.0595. The van der Waals surface area contributed by atoms with E-state index >= 15 is 0 Å². The van der Waals surface area contributed by atoms with E-state index in [0.717, 1.165) is 39.1 Å². The van der Waals surface area contributed by atoms with Gasteiger partial charge in [0.2, 0.25) is 0 Å². The fraction of sp³-hybridized carbons (Fsp3) is 0.387. The monoisotopic (exact) mass is 501 g/mol. The van der Waals surface area contributed by atoms with Crippen molar-refractivity contribution in [2.45, 2.75) is 26.3 Å². The second-order valence-corrected chi connectivity index (χ2v) is 9.77. The number of hydrogen-bond donors (Lipinski definition) is 0. The van der Waals surface area contributed by atoms with E-state index in [2.05, 4.69) is 72.2 Å². The third kappa shape index (κ3) is 5.27. The molecule has 1 saturated heterocycles. The van der Waals surface area contributed by atoms with Crippen LogP contribution in [-0.4, -0.2) is 73.0 Å². The standard InChI is InChI=1S/C31H36FN3O2/c1-3-33(4-2)16-9-21-37-29-15-14-23(32)22-28(29)31(36)35-19-17-34(18-20-35)30-26-12-7-5-10-24(26)25-11-6-8-13-27(25)30/h5-8,10-15,22,30H,3-4,9,16-21H2,1-2H3. The Kier molecular flexibility index (Phi) is 7.87. The van der Waals surface area contributed by atoms with Crippen molar-refractivity contribution in [1.29, 1.82) is 0 Å². The average molecular weight is 502 g/mol. The van der Waals surface area contributed by atoms with Gasteiger partial charge in [-0.05, 0) is 60.0 Å². The Labute approximate surface area is 219 Å². The van der Waals surface area contributed by atoms with Crippen LogP contribution in [0.5, 0.6) is 5.75 Å². The second kappa shape index (κ2) is 11.4. The third-order valence-corrected chi connectivity index (χ3v) is 7.71. The van der Waals surface area contributed by atoms with Crippen molar-refractivity contribution in [1.82, 2.24) is 14.7 Å². The van der Waals surface area contributed by atoms with Crippen LogP contribution in [0, 0.1) is 5.82 Å². The predicted octanol–water partition coefficient (Wildman–Crippen LogP) is 5.46. The van der Waals surface area contributed by atoms with E-state index in [9.17, 15) is 9.18 Å². The van der Waals surface area contributed by atoms with Gasteiger partial charge in [-0.3, -0.25) is 9.69 Å². The molecule has 1 aliphatic heterocycles. The number of nitrogens with zero attached hydrogens (tertiary/aromatic N) is 3. The largest absolute Gasteiger partial charge is 0.493 e. The summed E-state index contributed by atoms with van der Waals surface area (Å²) >= 11 is 0. The van der Waals surface area contributed by atoms with Gasteiger partial charge >= 0.3 is 0 Å².